The third-order valence-corrected chi connectivity index (χ3v) is 2.93. The zero-order valence-electron chi connectivity index (χ0n) is 9.16. The second-order valence-electron chi connectivity index (χ2n) is 4.14. The maximum absolute atomic E-state index is 5.07. The molecule has 0 radical (unpaired) electrons. The number of aromatic nitrogens is 3. The lowest BCUT2D eigenvalue weighted by atomic mass is 9.99. The normalized spacial score (nSPS) is 16.3. The van der Waals surface area contributed by atoms with Gasteiger partial charge in [0.25, 0.3) is 0 Å². The summed E-state index contributed by atoms with van der Waals surface area (Å²) >= 11 is 0. The van der Waals surface area contributed by atoms with Gasteiger partial charge in [-0.15, -0.1) is 0 Å². The van der Waals surface area contributed by atoms with Gasteiger partial charge in [0, 0.05) is 12.5 Å². The van der Waals surface area contributed by atoms with Crippen molar-refractivity contribution >= 4 is 11.2 Å². The van der Waals surface area contributed by atoms with Crippen LogP contribution in [0.25, 0.3) is 11.2 Å². The Kier molecular flexibility index (Phi) is 2.25. The lowest BCUT2D eigenvalue weighted by molar-refractivity contribution is 0.342. The van der Waals surface area contributed by atoms with Crippen LogP contribution in [0.1, 0.15) is 5.82 Å². The lowest BCUT2D eigenvalue weighted by Gasteiger charge is -2.25. The van der Waals surface area contributed by atoms with Crippen LogP contribution in [0.4, 0.5) is 0 Å². The fourth-order valence-electron chi connectivity index (χ4n) is 1.90. The Hall–Kier alpha value is -1.62. The molecule has 5 nitrogen and oxygen atoms in total. The van der Waals surface area contributed by atoms with Gasteiger partial charge in [0.1, 0.15) is 5.82 Å². The highest BCUT2D eigenvalue weighted by Crippen LogP contribution is 2.16. The summed E-state index contributed by atoms with van der Waals surface area (Å²) in [4.78, 5) is 12.0. The van der Waals surface area contributed by atoms with Gasteiger partial charge in [-0.2, -0.15) is 4.98 Å². The molecule has 0 saturated carbocycles. The van der Waals surface area contributed by atoms with Gasteiger partial charge in [-0.3, -0.25) is 0 Å². The van der Waals surface area contributed by atoms with Crippen molar-refractivity contribution in [3.63, 3.8) is 0 Å². The Morgan fingerprint density at radius 3 is 2.94 bits per heavy atom. The van der Waals surface area contributed by atoms with Crippen LogP contribution in [0.3, 0.4) is 0 Å². The monoisotopic (exact) mass is 218 g/mol. The van der Waals surface area contributed by atoms with Crippen molar-refractivity contribution in [2.75, 3.05) is 20.2 Å². The molecule has 2 aromatic rings. The lowest BCUT2D eigenvalue weighted by Crippen LogP contribution is -2.43. The van der Waals surface area contributed by atoms with Crippen molar-refractivity contribution in [3.05, 3.63) is 18.0 Å². The number of pyridine rings is 1. The third-order valence-electron chi connectivity index (χ3n) is 2.93. The summed E-state index contributed by atoms with van der Waals surface area (Å²) in [6.45, 7) is 2.18. The molecule has 16 heavy (non-hydrogen) atoms. The molecule has 1 aliphatic rings. The Morgan fingerprint density at radius 2 is 2.25 bits per heavy atom. The molecule has 0 atom stereocenters. The molecule has 3 heterocycles. The predicted octanol–water partition coefficient (Wildman–Crippen LogP) is 0.728. The summed E-state index contributed by atoms with van der Waals surface area (Å²) in [5.74, 6) is 2.33. The third kappa shape index (κ3) is 1.63. The SMILES string of the molecule is COc1ccc2[nH]c(CC3CNC3)nc2n1. The molecule has 1 aliphatic heterocycles. The molecular formula is C11H14N4O. The Bertz CT molecular complexity index is 504. The van der Waals surface area contributed by atoms with Gasteiger partial charge in [-0.1, -0.05) is 0 Å². The van der Waals surface area contributed by atoms with Gasteiger partial charge >= 0.3 is 0 Å². The van der Waals surface area contributed by atoms with E-state index >= 15 is 0 Å². The van der Waals surface area contributed by atoms with Gasteiger partial charge in [0.15, 0.2) is 5.65 Å². The van der Waals surface area contributed by atoms with E-state index in [9.17, 15) is 0 Å². The van der Waals surface area contributed by atoms with Gasteiger partial charge in [0.2, 0.25) is 5.88 Å². The van der Waals surface area contributed by atoms with Crippen molar-refractivity contribution in [1.29, 1.82) is 0 Å². The molecule has 0 aromatic carbocycles. The average Bonchev–Trinajstić information content (AvgIpc) is 2.64. The summed E-state index contributed by atoms with van der Waals surface area (Å²) in [5, 5.41) is 3.26. The Labute approximate surface area is 93.2 Å². The second kappa shape index (κ2) is 3.75. The van der Waals surface area contributed by atoms with Crippen LogP contribution in [0.5, 0.6) is 5.88 Å². The molecule has 2 N–H and O–H groups in total. The molecule has 0 bridgehead atoms. The first-order chi connectivity index (χ1) is 7.85. The van der Waals surface area contributed by atoms with Crippen molar-refractivity contribution in [2.45, 2.75) is 6.42 Å². The molecule has 0 unspecified atom stereocenters. The number of ether oxygens (including phenoxy) is 1. The van der Waals surface area contributed by atoms with Crippen LogP contribution in [-0.4, -0.2) is 35.2 Å². The van der Waals surface area contributed by atoms with Crippen molar-refractivity contribution in [2.24, 2.45) is 5.92 Å². The summed E-state index contributed by atoms with van der Waals surface area (Å²) in [6.07, 6.45) is 0.992. The van der Waals surface area contributed by atoms with E-state index < -0.39 is 0 Å². The predicted molar refractivity (Wildman–Crippen MR) is 60.5 cm³/mol. The van der Waals surface area contributed by atoms with Gasteiger partial charge in [-0.05, 0) is 25.1 Å². The van der Waals surface area contributed by atoms with E-state index in [2.05, 4.69) is 20.3 Å². The smallest absolute Gasteiger partial charge is 0.215 e. The zero-order valence-corrected chi connectivity index (χ0v) is 9.16. The van der Waals surface area contributed by atoms with E-state index in [1.54, 1.807) is 7.11 Å². The second-order valence-corrected chi connectivity index (χ2v) is 4.14. The van der Waals surface area contributed by atoms with Crippen molar-refractivity contribution in [1.82, 2.24) is 20.3 Å². The van der Waals surface area contributed by atoms with Gasteiger partial charge in [-0.25, -0.2) is 4.98 Å². The topological polar surface area (TPSA) is 62.8 Å². The molecule has 3 rings (SSSR count). The molecular weight excluding hydrogens is 204 g/mol. The van der Waals surface area contributed by atoms with E-state index in [0.717, 1.165) is 36.5 Å². The fraction of sp³-hybridized carbons (Fsp3) is 0.455. The minimum atomic E-state index is 0.607. The van der Waals surface area contributed by atoms with E-state index in [1.165, 1.54) is 0 Å². The number of nitrogens with zero attached hydrogens (tertiary/aromatic N) is 2. The summed E-state index contributed by atoms with van der Waals surface area (Å²) in [6, 6.07) is 3.80. The highest BCUT2D eigenvalue weighted by molar-refractivity contribution is 5.71. The summed E-state index contributed by atoms with van der Waals surface area (Å²) < 4.78 is 5.07. The van der Waals surface area contributed by atoms with Crippen LogP contribution < -0.4 is 10.1 Å². The van der Waals surface area contributed by atoms with E-state index in [0.29, 0.717) is 11.8 Å². The van der Waals surface area contributed by atoms with Gasteiger partial charge < -0.3 is 15.0 Å². The summed E-state index contributed by atoms with van der Waals surface area (Å²) in [5.41, 5.74) is 1.71. The number of rotatable bonds is 3. The first-order valence-electron chi connectivity index (χ1n) is 5.45. The number of imidazole rings is 1. The quantitative estimate of drug-likeness (QED) is 0.797. The molecule has 2 aromatic heterocycles. The molecule has 1 fully saturated rings. The maximum atomic E-state index is 5.07. The molecule has 0 spiro atoms. The summed E-state index contributed by atoms with van der Waals surface area (Å²) in [7, 11) is 1.61. The Morgan fingerprint density at radius 1 is 1.38 bits per heavy atom. The number of H-pyrrole nitrogens is 1. The number of nitrogens with one attached hydrogen (secondary N) is 2. The van der Waals surface area contributed by atoms with Gasteiger partial charge in [0.05, 0.1) is 12.6 Å². The minimum absolute atomic E-state index is 0.607. The molecule has 5 heteroatoms. The van der Waals surface area contributed by atoms with Crippen LogP contribution in [0.15, 0.2) is 12.1 Å². The minimum Gasteiger partial charge on any atom is -0.481 e. The highest BCUT2D eigenvalue weighted by atomic mass is 16.5. The number of methoxy groups -OCH3 is 1. The van der Waals surface area contributed by atoms with Crippen molar-refractivity contribution in [3.8, 4) is 5.88 Å². The van der Waals surface area contributed by atoms with Crippen LogP contribution >= 0.6 is 0 Å². The standard InChI is InChI=1S/C11H14N4O/c1-16-10-3-2-8-11(15-10)14-9(13-8)4-7-5-12-6-7/h2-3,7,12H,4-6H2,1H3,(H,13,14,15). The number of hydrogen-bond acceptors (Lipinski definition) is 4. The largest absolute Gasteiger partial charge is 0.481 e. The fourth-order valence-corrected chi connectivity index (χ4v) is 1.90. The highest BCUT2D eigenvalue weighted by Gasteiger charge is 2.18. The van der Waals surface area contributed by atoms with E-state index in [1.807, 2.05) is 12.1 Å². The van der Waals surface area contributed by atoms with Crippen LogP contribution in [-0.2, 0) is 6.42 Å². The van der Waals surface area contributed by atoms with E-state index in [4.69, 9.17) is 4.74 Å². The maximum Gasteiger partial charge on any atom is 0.215 e. The molecule has 1 saturated heterocycles. The molecule has 0 aliphatic carbocycles. The first-order valence-corrected chi connectivity index (χ1v) is 5.45. The Balaban J connectivity index is 1.89. The van der Waals surface area contributed by atoms with E-state index in [-0.39, 0.29) is 0 Å². The number of aromatic amines is 1. The van der Waals surface area contributed by atoms with Crippen LogP contribution in [0, 0.1) is 5.92 Å². The number of hydrogen-bond donors (Lipinski definition) is 2. The molecule has 84 valence electrons. The molecule has 0 amide bonds. The average molecular weight is 218 g/mol. The van der Waals surface area contributed by atoms with Crippen LogP contribution in [0.2, 0.25) is 0 Å². The first kappa shape index (κ1) is 9.59. The van der Waals surface area contributed by atoms with Crippen molar-refractivity contribution < 1.29 is 4.74 Å². The zero-order chi connectivity index (χ0) is 11.0. The number of fused-ring (bicyclic) bond motifs is 1.